The van der Waals surface area contributed by atoms with Gasteiger partial charge < -0.3 is 9.73 Å². The molecule has 0 aromatic carbocycles. The van der Waals surface area contributed by atoms with Crippen molar-refractivity contribution < 1.29 is 4.42 Å². The number of nitrogens with one attached hydrogen (secondary N) is 1. The Kier molecular flexibility index (Phi) is 2.40. The molecule has 1 aliphatic heterocycles. The van der Waals surface area contributed by atoms with Crippen molar-refractivity contribution in [3.05, 3.63) is 23.7 Å². The van der Waals surface area contributed by atoms with E-state index in [1.54, 1.807) is 0 Å². The van der Waals surface area contributed by atoms with Gasteiger partial charge in [-0.1, -0.05) is 6.92 Å². The van der Waals surface area contributed by atoms with E-state index in [1.807, 2.05) is 13.0 Å². The fourth-order valence-electron chi connectivity index (χ4n) is 2.03. The quantitative estimate of drug-likeness (QED) is 0.753. The summed E-state index contributed by atoms with van der Waals surface area (Å²) in [6.45, 7) is 6.56. The minimum absolute atomic E-state index is 0.559. The molecule has 0 saturated carbocycles. The van der Waals surface area contributed by atoms with E-state index in [2.05, 4.69) is 18.3 Å². The Labute approximate surface area is 79.3 Å². The van der Waals surface area contributed by atoms with Crippen LogP contribution in [0.15, 0.2) is 16.5 Å². The Hall–Kier alpha value is -0.760. The maximum absolute atomic E-state index is 5.63. The second-order valence-electron chi connectivity index (χ2n) is 3.99. The smallest absolute Gasteiger partial charge is 0.107 e. The van der Waals surface area contributed by atoms with E-state index in [0.717, 1.165) is 30.5 Å². The highest BCUT2D eigenvalue weighted by Gasteiger charge is 2.24. The van der Waals surface area contributed by atoms with Crippen LogP contribution in [-0.2, 0) is 0 Å². The summed E-state index contributed by atoms with van der Waals surface area (Å²) < 4.78 is 5.63. The van der Waals surface area contributed by atoms with Crippen LogP contribution in [0.1, 0.15) is 30.8 Å². The van der Waals surface area contributed by atoms with Crippen LogP contribution in [0.3, 0.4) is 0 Å². The Balaban J connectivity index is 2.07. The summed E-state index contributed by atoms with van der Waals surface area (Å²) in [5.41, 5.74) is 0. The molecular weight excluding hydrogens is 162 g/mol. The molecule has 1 saturated heterocycles. The standard InChI is InChI=1S/C11H17NO/c1-8-3-4-11(13-8)9(2)10-5-6-12-7-10/h3-4,9-10,12H,5-7H2,1-2H3. The van der Waals surface area contributed by atoms with Crippen LogP contribution in [-0.4, -0.2) is 13.1 Å². The number of rotatable bonds is 2. The predicted molar refractivity (Wildman–Crippen MR) is 52.8 cm³/mol. The zero-order valence-corrected chi connectivity index (χ0v) is 8.34. The molecule has 2 heteroatoms. The van der Waals surface area contributed by atoms with Crippen molar-refractivity contribution in [2.24, 2.45) is 5.92 Å². The van der Waals surface area contributed by atoms with Crippen LogP contribution in [0.5, 0.6) is 0 Å². The van der Waals surface area contributed by atoms with E-state index in [4.69, 9.17) is 4.42 Å². The van der Waals surface area contributed by atoms with E-state index in [0.29, 0.717) is 5.92 Å². The molecule has 2 unspecified atom stereocenters. The molecule has 0 bridgehead atoms. The van der Waals surface area contributed by atoms with Gasteiger partial charge in [-0.25, -0.2) is 0 Å². The molecule has 1 aromatic heterocycles. The molecule has 0 radical (unpaired) electrons. The van der Waals surface area contributed by atoms with E-state index < -0.39 is 0 Å². The van der Waals surface area contributed by atoms with Crippen molar-refractivity contribution in [3.8, 4) is 0 Å². The van der Waals surface area contributed by atoms with Gasteiger partial charge in [-0.15, -0.1) is 0 Å². The lowest BCUT2D eigenvalue weighted by atomic mass is 9.91. The third-order valence-corrected chi connectivity index (χ3v) is 3.02. The van der Waals surface area contributed by atoms with Crippen molar-refractivity contribution in [2.75, 3.05) is 13.1 Å². The third kappa shape index (κ3) is 1.78. The SMILES string of the molecule is Cc1ccc(C(C)C2CCNC2)o1. The average Bonchev–Trinajstić information content (AvgIpc) is 2.72. The van der Waals surface area contributed by atoms with Crippen LogP contribution >= 0.6 is 0 Å². The lowest BCUT2D eigenvalue weighted by Gasteiger charge is -2.15. The molecule has 2 atom stereocenters. The minimum Gasteiger partial charge on any atom is -0.466 e. The Bertz CT molecular complexity index is 273. The number of hydrogen-bond donors (Lipinski definition) is 1. The zero-order chi connectivity index (χ0) is 9.26. The first-order valence-electron chi connectivity index (χ1n) is 5.04. The van der Waals surface area contributed by atoms with Gasteiger partial charge >= 0.3 is 0 Å². The molecule has 1 N–H and O–H groups in total. The van der Waals surface area contributed by atoms with Gasteiger partial charge in [-0.05, 0) is 44.5 Å². The fraction of sp³-hybridized carbons (Fsp3) is 0.636. The molecule has 1 aromatic rings. The highest BCUT2D eigenvalue weighted by molar-refractivity contribution is 5.11. The van der Waals surface area contributed by atoms with Crippen molar-refractivity contribution >= 4 is 0 Å². The largest absolute Gasteiger partial charge is 0.466 e. The molecule has 1 aliphatic rings. The fourth-order valence-corrected chi connectivity index (χ4v) is 2.03. The molecule has 0 amide bonds. The predicted octanol–water partition coefficient (Wildman–Crippen LogP) is 2.30. The van der Waals surface area contributed by atoms with Gasteiger partial charge in [0, 0.05) is 5.92 Å². The third-order valence-electron chi connectivity index (χ3n) is 3.02. The van der Waals surface area contributed by atoms with Crippen molar-refractivity contribution in [1.82, 2.24) is 5.32 Å². The molecular formula is C11H17NO. The van der Waals surface area contributed by atoms with Crippen LogP contribution in [0.4, 0.5) is 0 Å². The van der Waals surface area contributed by atoms with Crippen LogP contribution in [0, 0.1) is 12.8 Å². The summed E-state index contributed by atoms with van der Waals surface area (Å²) in [6, 6.07) is 4.16. The van der Waals surface area contributed by atoms with Gasteiger partial charge in [0.05, 0.1) is 0 Å². The van der Waals surface area contributed by atoms with Gasteiger partial charge in [0.1, 0.15) is 11.5 Å². The Morgan fingerprint density at radius 2 is 2.38 bits per heavy atom. The summed E-state index contributed by atoms with van der Waals surface area (Å²) in [5, 5.41) is 3.39. The lowest BCUT2D eigenvalue weighted by Crippen LogP contribution is -2.13. The number of aryl methyl sites for hydroxylation is 1. The first-order chi connectivity index (χ1) is 6.27. The summed E-state index contributed by atoms with van der Waals surface area (Å²) in [4.78, 5) is 0. The summed E-state index contributed by atoms with van der Waals surface area (Å²) in [5.74, 6) is 3.48. The van der Waals surface area contributed by atoms with Gasteiger partial charge in [0.25, 0.3) is 0 Å². The molecule has 2 rings (SSSR count). The van der Waals surface area contributed by atoms with E-state index in [1.165, 1.54) is 6.42 Å². The topological polar surface area (TPSA) is 25.2 Å². The van der Waals surface area contributed by atoms with Gasteiger partial charge in [-0.2, -0.15) is 0 Å². The molecule has 2 nitrogen and oxygen atoms in total. The minimum atomic E-state index is 0.559. The molecule has 2 heterocycles. The van der Waals surface area contributed by atoms with Gasteiger partial charge in [-0.3, -0.25) is 0 Å². The van der Waals surface area contributed by atoms with Gasteiger partial charge in [0.2, 0.25) is 0 Å². The molecule has 0 aliphatic carbocycles. The summed E-state index contributed by atoms with van der Waals surface area (Å²) in [7, 11) is 0. The monoisotopic (exact) mass is 179 g/mol. The zero-order valence-electron chi connectivity index (χ0n) is 8.34. The lowest BCUT2D eigenvalue weighted by molar-refractivity contribution is 0.385. The highest BCUT2D eigenvalue weighted by Crippen LogP contribution is 2.29. The van der Waals surface area contributed by atoms with E-state index >= 15 is 0 Å². The van der Waals surface area contributed by atoms with Crippen molar-refractivity contribution in [3.63, 3.8) is 0 Å². The van der Waals surface area contributed by atoms with E-state index in [-0.39, 0.29) is 0 Å². The maximum atomic E-state index is 5.63. The van der Waals surface area contributed by atoms with Crippen LogP contribution < -0.4 is 5.32 Å². The average molecular weight is 179 g/mol. The number of furan rings is 1. The van der Waals surface area contributed by atoms with E-state index in [9.17, 15) is 0 Å². The molecule has 0 spiro atoms. The second kappa shape index (κ2) is 3.54. The van der Waals surface area contributed by atoms with Crippen molar-refractivity contribution in [2.45, 2.75) is 26.2 Å². The Morgan fingerprint density at radius 1 is 1.54 bits per heavy atom. The van der Waals surface area contributed by atoms with Crippen LogP contribution in [0.25, 0.3) is 0 Å². The molecule has 1 fully saturated rings. The van der Waals surface area contributed by atoms with Gasteiger partial charge in [0.15, 0.2) is 0 Å². The van der Waals surface area contributed by atoms with Crippen LogP contribution in [0.2, 0.25) is 0 Å². The summed E-state index contributed by atoms with van der Waals surface area (Å²) >= 11 is 0. The molecule has 13 heavy (non-hydrogen) atoms. The molecule has 72 valence electrons. The first kappa shape index (κ1) is 8.82. The first-order valence-corrected chi connectivity index (χ1v) is 5.04. The highest BCUT2D eigenvalue weighted by atomic mass is 16.3. The Morgan fingerprint density at radius 3 is 2.92 bits per heavy atom. The number of hydrogen-bond acceptors (Lipinski definition) is 2. The normalized spacial score (nSPS) is 24.9. The second-order valence-corrected chi connectivity index (χ2v) is 3.99. The maximum Gasteiger partial charge on any atom is 0.107 e. The summed E-state index contributed by atoms with van der Waals surface area (Å²) in [6.07, 6.45) is 1.28. The van der Waals surface area contributed by atoms with Crippen molar-refractivity contribution in [1.29, 1.82) is 0 Å².